The van der Waals surface area contributed by atoms with Crippen molar-refractivity contribution in [3.8, 4) is 0 Å². The molecule has 0 saturated carbocycles. The second kappa shape index (κ2) is 7.44. The Kier molecular flexibility index (Phi) is 4.87. The van der Waals surface area contributed by atoms with E-state index in [0.717, 1.165) is 38.2 Å². The molecular weight excluding hydrogens is 322 g/mol. The van der Waals surface area contributed by atoms with Gasteiger partial charge in [-0.3, -0.25) is 4.90 Å². The van der Waals surface area contributed by atoms with Crippen LogP contribution in [-0.2, 0) is 25.9 Å². The molecule has 0 saturated heterocycles. The van der Waals surface area contributed by atoms with E-state index in [9.17, 15) is 0 Å². The van der Waals surface area contributed by atoms with Crippen LogP contribution in [0.2, 0.25) is 0 Å². The van der Waals surface area contributed by atoms with Gasteiger partial charge in [0.25, 0.3) is 0 Å². The molecule has 1 aromatic heterocycles. The number of hydrogen-bond acceptors (Lipinski definition) is 4. The molecule has 1 N–H and O–H groups in total. The first-order chi connectivity index (χ1) is 12.8. The summed E-state index contributed by atoms with van der Waals surface area (Å²) in [6.45, 7) is 2.59. The van der Waals surface area contributed by atoms with Gasteiger partial charge in [-0.05, 0) is 36.6 Å². The molecule has 1 aliphatic rings. The minimum Gasteiger partial charge on any atom is -0.364 e. The fraction of sp³-hybridized carbons (Fsp3) is 0.318. The average molecular weight is 347 g/mol. The lowest BCUT2D eigenvalue weighted by molar-refractivity contribution is 0.117. The van der Waals surface area contributed by atoms with Crippen molar-refractivity contribution in [2.24, 2.45) is 0 Å². The van der Waals surface area contributed by atoms with Gasteiger partial charge < -0.3 is 9.84 Å². The van der Waals surface area contributed by atoms with E-state index >= 15 is 0 Å². The van der Waals surface area contributed by atoms with Crippen molar-refractivity contribution in [2.45, 2.75) is 31.5 Å². The van der Waals surface area contributed by atoms with E-state index in [4.69, 9.17) is 4.52 Å². The summed E-state index contributed by atoms with van der Waals surface area (Å²) in [5, 5.41) is 7.61. The molecule has 134 valence electrons. The van der Waals surface area contributed by atoms with Crippen molar-refractivity contribution in [1.29, 1.82) is 0 Å². The van der Waals surface area contributed by atoms with Gasteiger partial charge in [0.1, 0.15) is 6.26 Å². The van der Waals surface area contributed by atoms with Crippen LogP contribution in [0.1, 0.15) is 22.4 Å². The number of aromatic nitrogens is 1. The third-order valence-electron chi connectivity index (χ3n) is 5.48. The summed E-state index contributed by atoms with van der Waals surface area (Å²) < 4.78 is 4.94. The maximum Gasteiger partial charge on any atom is 0.124 e. The number of rotatable bonds is 7. The first-order valence-corrected chi connectivity index (χ1v) is 9.17. The normalized spacial score (nSPS) is 15.3. The van der Waals surface area contributed by atoms with E-state index < -0.39 is 0 Å². The summed E-state index contributed by atoms with van der Waals surface area (Å²) in [7, 11) is 2.25. The quantitative estimate of drug-likeness (QED) is 0.711. The van der Waals surface area contributed by atoms with Crippen LogP contribution in [0.5, 0.6) is 0 Å². The molecule has 0 spiro atoms. The summed E-state index contributed by atoms with van der Waals surface area (Å²) in [5.74, 6) is 0. The van der Waals surface area contributed by atoms with Gasteiger partial charge in [0.05, 0.1) is 5.69 Å². The molecule has 0 aliphatic heterocycles. The van der Waals surface area contributed by atoms with Crippen molar-refractivity contribution >= 4 is 0 Å². The van der Waals surface area contributed by atoms with Crippen LogP contribution in [0.4, 0.5) is 0 Å². The van der Waals surface area contributed by atoms with Crippen LogP contribution in [0.3, 0.4) is 0 Å². The molecular formula is C22H25N3O. The zero-order valence-electron chi connectivity index (χ0n) is 15.2. The van der Waals surface area contributed by atoms with Crippen LogP contribution >= 0.6 is 0 Å². The standard InChI is InChI=1S/C22H25N3O/c1-25(16-18-7-3-2-4-8-18)22(17-23-15-21-11-12-26-24-21)13-19-9-5-6-10-20(19)14-22/h2-12,23H,13-17H2,1H3. The van der Waals surface area contributed by atoms with Gasteiger partial charge in [0.2, 0.25) is 0 Å². The number of benzene rings is 2. The van der Waals surface area contributed by atoms with E-state index in [0.29, 0.717) is 0 Å². The maximum atomic E-state index is 4.94. The SMILES string of the molecule is CN(Cc1ccccc1)C1(CNCc2ccon2)Cc2ccccc2C1. The Morgan fingerprint density at radius 2 is 1.69 bits per heavy atom. The fourth-order valence-corrected chi connectivity index (χ4v) is 3.98. The van der Waals surface area contributed by atoms with Crippen molar-refractivity contribution in [3.63, 3.8) is 0 Å². The molecule has 0 amide bonds. The van der Waals surface area contributed by atoms with Gasteiger partial charge in [-0.15, -0.1) is 0 Å². The van der Waals surface area contributed by atoms with Crippen molar-refractivity contribution in [1.82, 2.24) is 15.4 Å². The Morgan fingerprint density at radius 1 is 1.00 bits per heavy atom. The van der Waals surface area contributed by atoms with Crippen molar-refractivity contribution < 1.29 is 4.52 Å². The zero-order valence-corrected chi connectivity index (χ0v) is 15.2. The summed E-state index contributed by atoms with van der Waals surface area (Å²) >= 11 is 0. The first-order valence-electron chi connectivity index (χ1n) is 9.17. The maximum absolute atomic E-state index is 4.94. The minimum absolute atomic E-state index is 0.0727. The van der Waals surface area contributed by atoms with Crippen molar-refractivity contribution in [2.75, 3.05) is 13.6 Å². The highest BCUT2D eigenvalue weighted by atomic mass is 16.5. The molecule has 0 fully saturated rings. The molecule has 4 heteroatoms. The van der Waals surface area contributed by atoms with Crippen LogP contribution < -0.4 is 5.32 Å². The molecule has 1 heterocycles. The van der Waals surface area contributed by atoms with E-state index in [2.05, 4.69) is 77.0 Å². The largest absolute Gasteiger partial charge is 0.364 e. The lowest BCUT2D eigenvalue weighted by atomic mass is 9.92. The van der Waals surface area contributed by atoms with E-state index in [1.165, 1.54) is 16.7 Å². The number of likely N-dealkylation sites (N-methyl/N-ethyl adjacent to an activating group) is 1. The second-order valence-corrected chi connectivity index (χ2v) is 7.28. The summed E-state index contributed by atoms with van der Waals surface area (Å²) in [4.78, 5) is 2.51. The van der Waals surface area contributed by atoms with Gasteiger partial charge >= 0.3 is 0 Å². The topological polar surface area (TPSA) is 41.3 Å². The molecule has 3 aromatic rings. The van der Waals surface area contributed by atoms with E-state index in [1.807, 2.05) is 6.07 Å². The Balaban J connectivity index is 1.51. The predicted molar refractivity (Wildman–Crippen MR) is 103 cm³/mol. The monoisotopic (exact) mass is 347 g/mol. The lowest BCUT2D eigenvalue weighted by Crippen LogP contribution is -2.53. The average Bonchev–Trinajstić information content (AvgIpc) is 3.30. The molecule has 0 bridgehead atoms. The third-order valence-corrected chi connectivity index (χ3v) is 5.48. The van der Waals surface area contributed by atoms with Gasteiger partial charge in [-0.1, -0.05) is 59.8 Å². The second-order valence-electron chi connectivity index (χ2n) is 7.28. The van der Waals surface area contributed by atoms with Gasteiger partial charge in [-0.2, -0.15) is 0 Å². The molecule has 2 aromatic carbocycles. The van der Waals surface area contributed by atoms with Crippen LogP contribution in [0, 0.1) is 0 Å². The summed E-state index contributed by atoms with van der Waals surface area (Å²) in [6.07, 6.45) is 3.76. The Hall–Kier alpha value is -2.43. The predicted octanol–water partition coefficient (Wildman–Crippen LogP) is 3.43. The highest BCUT2D eigenvalue weighted by Gasteiger charge is 2.40. The zero-order chi connectivity index (χ0) is 17.8. The molecule has 4 nitrogen and oxygen atoms in total. The van der Waals surface area contributed by atoms with Gasteiger partial charge in [0, 0.05) is 31.2 Å². The van der Waals surface area contributed by atoms with Crippen LogP contribution in [0.15, 0.2) is 71.4 Å². The fourth-order valence-electron chi connectivity index (χ4n) is 3.98. The van der Waals surface area contributed by atoms with Crippen LogP contribution in [0.25, 0.3) is 0 Å². The minimum atomic E-state index is 0.0727. The molecule has 0 radical (unpaired) electrons. The molecule has 0 unspecified atom stereocenters. The summed E-state index contributed by atoms with van der Waals surface area (Å²) in [6, 6.07) is 21.5. The number of hydrogen-bond donors (Lipinski definition) is 1. The summed E-state index contributed by atoms with van der Waals surface area (Å²) in [5.41, 5.74) is 5.30. The van der Waals surface area contributed by atoms with Gasteiger partial charge in [0.15, 0.2) is 0 Å². The molecule has 1 aliphatic carbocycles. The Labute approximate surface area is 154 Å². The lowest BCUT2D eigenvalue weighted by Gasteiger charge is -2.39. The number of nitrogens with zero attached hydrogens (tertiary/aromatic N) is 2. The molecule has 4 rings (SSSR count). The highest BCUT2D eigenvalue weighted by Crippen LogP contribution is 2.34. The van der Waals surface area contributed by atoms with E-state index in [1.54, 1.807) is 6.26 Å². The third kappa shape index (κ3) is 3.57. The highest BCUT2D eigenvalue weighted by molar-refractivity contribution is 5.37. The molecule has 26 heavy (non-hydrogen) atoms. The Bertz CT molecular complexity index is 805. The first kappa shape index (κ1) is 17.0. The van der Waals surface area contributed by atoms with Crippen LogP contribution in [-0.4, -0.2) is 29.2 Å². The van der Waals surface area contributed by atoms with E-state index in [-0.39, 0.29) is 5.54 Å². The van der Waals surface area contributed by atoms with Crippen molar-refractivity contribution in [3.05, 3.63) is 89.3 Å². The number of fused-ring (bicyclic) bond motifs is 1. The smallest absolute Gasteiger partial charge is 0.124 e. The van der Waals surface area contributed by atoms with Gasteiger partial charge in [-0.25, -0.2) is 0 Å². The number of nitrogens with one attached hydrogen (secondary N) is 1. The Morgan fingerprint density at radius 3 is 2.35 bits per heavy atom. The molecule has 0 atom stereocenters.